The predicted molar refractivity (Wildman–Crippen MR) is 99.4 cm³/mol. The fourth-order valence-corrected chi connectivity index (χ4v) is 2.55. The summed E-state index contributed by atoms with van der Waals surface area (Å²) in [6, 6.07) is 17.3. The Kier molecular flexibility index (Phi) is 5.56. The highest BCUT2D eigenvalue weighted by Crippen LogP contribution is 2.31. The zero-order valence-electron chi connectivity index (χ0n) is 14.7. The number of phenols is 1. The van der Waals surface area contributed by atoms with Gasteiger partial charge in [0, 0.05) is 5.56 Å². The third kappa shape index (κ3) is 4.36. The van der Waals surface area contributed by atoms with E-state index in [2.05, 4.69) is 4.74 Å². The number of phenolic OH excluding ortho intramolecular Hbond substituents is 1. The molecule has 1 N–H and O–H groups in total. The van der Waals surface area contributed by atoms with Gasteiger partial charge in [-0.1, -0.05) is 24.3 Å². The van der Waals surface area contributed by atoms with Crippen LogP contribution in [0.5, 0.6) is 17.2 Å². The first-order valence-electron chi connectivity index (χ1n) is 8.28. The first kappa shape index (κ1) is 18.3. The molecule has 3 aromatic rings. The molecule has 0 spiro atoms. The van der Waals surface area contributed by atoms with Crippen LogP contribution < -0.4 is 9.47 Å². The zero-order chi connectivity index (χ0) is 19.2. The van der Waals surface area contributed by atoms with E-state index in [0.29, 0.717) is 11.5 Å². The van der Waals surface area contributed by atoms with Crippen LogP contribution in [0, 0.1) is 0 Å². The van der Waals surface area contributed by atoms with Crippen molar-refractivity contribution in [1.82, 2.24) is 0 Å². The molecule has 0 radical (unpaired) electrons. The number of hydrogen-bond donors (Lipinski definition) is 1. The standard InChI is InChI=1S/C21H18O6/c1-25-21(24)20(23)14-6-8-17(9-7-14)26-10-11-27-19-13-16-5-3-2-4-15(16)12-18(19)22/h2-9,12-13,22H,10-11H2,1H3. The van der Waals surface area contributed by atoms with Gasteiger partial charge in [-0.15, -0.1) is 0 Å². The fourth-order valence-electron chi connectivity index (χ4n) is 2.55. The molecule has 0 heterocycles. The third-order valence-corrected chi connectivity index (χ3v) is 3.92. The number of esters is 1. The van der Waals surface area contributed by atoms with Gasteiger partial charge in [-0.3, -0.25) is 4.79 Å². The highest BCUT2D eigenvalue weighted by Gasteiger charge is 2.16. The summed E-state index contributed by atoms with van der Waals surface area (Å²) in [5.74, 6) is -0.634. The van der Waals surface area contributed by atoms with Gasteiger partial charge < -0.3 is 19.3 Å². The predicted octanol–water partition coefficient (Wildman–Crippen LogP) is 3.36. The molecule has 0 unspecified atom stereocenters. The molecule has 3 aromatic carbocycles. The minimum Gasteiger partial charge on any atom is -0.504 e. The Morgan fingerprint density at radius 2 is 1.52 bits per heavy atom. The van der Waals surface area contributed by atoms with Gasteiger partial charge >= 0.3 is 5.97 Å². The summed E-state index contributed by atoms with van der Waals surface area (Å²) in [5.41, 5.74) is 0.228. The Balaban J connectivity index is 1.54. The van der Waals surface area contributed by atoms with Crippen LogP contribution in [0.25, 0.3) is 10.8 Å². The normalized spacial score (nSPS) is 10.4. The Bertz CT molecular complexity index is 962. The van der Waals surface area contributed by atoms with Gasteiger partial charge in [0.1, 0.15) is 19.0 Å². The van der Waals surface area contributed by atoms with Gasteiger partial charge in [-0.05, 0) is 47.2 Å². The number of ether oxygens (including phenoxy) is 3. The van der Waals surface area contributed by atoms with Crippen molar-refractivity contribution in [2.75, 3.05) is 20.3 Å². The van der Waals surface area contributed by atoms with Crippen molar-refractivity contribution in [2.45, 2.75) is 0 Å². The monoisotopic (exact) mass is 366 g/mol. The smallest absolute Gasteiger partial charge is 0.379 e. The van der Waals surface area contributed by atoms with E-state index in [4.69, 9.17) is 9.47 Å². The molecule has 0 bridgehead atoms. The lowest BCUT2D eigenvalue weighted by Gasteiger charge is -2.11. The summed E-state index contributed by atoms with van der Waals surface area (Å²) >= 11 is 0. The van der Waals surface area contributed by atoms with Crippen LogP contribution in [0.3, 0.4) is 0 Å². The van der Waals surface area contributed by atoms with E-state index >= 15 is 0 Å². The summed E-state index contributed by atoms with van der Waals surface area (Å²) in [7, 11) is 1.16. The van der Waals surface area contributed by atoms with E-state index in [9.17, 15) is 14.7 Å². The summed E-state index contributed by atoms with van der Waals surface area (Å²) < 4.78 is 15.5. The van der Waals surface area contributed by atoms with Gasteiger partial charge in [0.05, 0.1) is 7.11 Å². The Morgan fingerprint density at radius 1 is 0.889 bits per heavy atom. The number of benzene rings is 3. The molecule has 0 aliphatic carbocycles. The first-order valence-corrected chi connectivity index (χ1v) is 8.28. The minimum atomic E-state index is -0.910. The van der Waals surface area contributed by atoms with Crippen molar-refractivity contribution in [3.8, 4) is 17.2 Å². The van der Waals surface area contributed by atoms with E-state index in [0.717, 1.165) is 17.9 Å². The maximum absolute atomic E-state index is 11.7. The van der Waals surface area contributed by atoms with Crippen LogP contribution >= 0.6 is 0 Å². The molecule has 0 amide bonds. The largest absolute Gasteiger partial charge is 0.504 e. The number of aromatic hydroxyl groups is 1. The van der Waals surface area contributed by atoms with E-state index in [1.807, 2.05) is 24.3 Å². The van der Waals surface area contributed by atoms with Crippen molar-refractivity contribution >= 4 is 22.5 Å². The van der Waals surface area contributed by atoms with Gasteiger partial charge in [0.25, 0.3) is 5.78 Å². The van der Waals surface area contributed by atoms with Crippen LogP contribution in [0.2, 0.25) is 0 Å². The van der Waals surface area contributed by atoms with Crippen molar-refractivity contribution in [1.29, 1.82) is 0 Å². The minimum absolute atomic E-state index is 0.0689. The second-order valence-electron chi connectivity index (χ2n) is 5.71. The van der Waals surface area contributed by atoms with Crippen molar-refractivity contribution in [3.05, 3.63) is 66.2 Å². The highest BCUT2D eigenvalue weighted by molar-refractivity contribution is 6.40. The number of hydrogen-bond acceptors (Lipinski definition) is 6. The van der Waals surface area contributed by atoms with Crippen LogP contribution in [-0.4, -0.2) is 37.2 Å². The van der Waals surface area contributed by atoms with Gasteiger partial charge in [0.2, 0.25) is 0 Å². The van der Waals surface area contributed by atoms with E-state index in [-0.39, 0.29) is 24.5 Å². The van der Waals surface area contributed by atoms with Gasteiger partial charge in [0.15, 0.2) is 11.5 Å². The number of carbonyl (C=O) groups is 2. The summed E-state index contributed by atoms with van der Waals surface area (Å²) in [6.07, 6.45) is 0. The lowest BCUT2D eigenvalue weighted by atomic mass is 10.1. The van der Waals surface area contributed by atoms with Crippen LogP contribution in [-0.2, 0) is 9.53 Å². The summed E-state index contributed by atoms with van der Waals surface area (Å²) in [5, 5.41) is 11.9. The van der Waals surface area contributed by atoms with E-state index < -0.39 is 11.8 Å². The van der Waals surface area contributed by atoms with E-state index in [1.165, 1.54) is 12.1 Å². The lowest BCUT2D eigenvalue weighted by molar-refractivity contribution is -0.135. The average molecular weight is 366 g/mol. The molecular formula is C21H18O6. The van der Waals surface area contributed by atoms with Crippen molar-refractivity contribution in [2.24, 2.45) is 0 Å². The molecular weight excluding hydrogens is 348 g/mol. The number of fused-ring (bicyclic) bond motifs is 1. The second-order valence-corrected chi connectivity index (χ2v) is 5.71. The lowest BCUT2D eigenvalue weighted by Crippen LogP contribution is -2.15. The summed E-state index contributed by atoms with van der Waals surface area (Å²) in [4.78, 5) is 22.9. The average Bonchev–Trinajstić information content (AvgIpc) is 2.70. The first-order chi connectivity index (χ1) is 13.1. The third-order valence-electron chi connectivity index (χ3n) is 3.92. The Hall–Kier alpha value is -3.54. The Morgan fingerprint density at radius 3 is 2.19 bits per heavy atom. The molecule has 0 aliphatic rings. The molecule has 0 saturated carbocycles. The second kappa shape index (κ2) is 8.23. The van der Waals surface area contributed by atoms with Crippen molar-refractivity contribution in [3.63, 3.8) is 0 Å². The maximum Gasteiger partial charge on any atom is 0.379 e. The zero-order valence-corrected chi connectivity index (χ0v) is 14.7. The SMILES string of the molecule is COC(=O)C(=O)c1ccc(OCCOc2cc3ccccc3cc2O)cc1. The number of carbonyl (C=O) groups excluding carboxylic acids is 2. The number of methoxy groups -OCH3 is 1. The van der Waals surface area contributed by atoms with Gasteiger partial charge in [-0.25, -0.2) is 4.79 Å². The molecule has 0 saturated heterocycles. The van der Waals surface area contributed by atoms with Crippen molar-refractivity contribution < 1.29 is 28.9 Å². The highest BCUT2D eigenvalue weighted by atomic mass is 16.5. The molecule has 0 aromatic heterocycles. The Labute approximate surface area is 155 Å². The quantitative estimate of drug-likeness (QED) is 0.299. The van der Waals surface area contributed by atoms with E-state index in [1.54, 1.807) is 24.3 Å². The number of rotatable bonds is 7. The number of Topliss-reactive ketones (excluding diaryl/α,β-unsaturated/α-hetero) is 1. The molecule has 6 heteroatoms. The molecule has 0 fully saturated rings. The molecule has 0 atom stereocenters. The molecule has 0 aliphatic heterocycles. The molecule has 6 nitrogen and oxygen atoms in total. The van der Waals surface area contributed by atoms with Crippen LogP contribution in [0.4, 0.5) is 0 Å². The molecule has 27 heavy (non-hydrogen) atoms. The van der Waals surface area contributed by atoms with Crippen LogP contribution in [0.1, 0.15) is 10.4 Å². The fraction of sp³-hybridized carbons (Fsp3) is 0.143. The molecule has 138 valence electrons. The maximum atomic E-state index is 11.7. The number of ketones is 1. The van der Waals surface area contributed by atoms with Crippen LogP contribution in [0.15, 0.2) is 60.7 Å². The topological polar surface area (TPSA) is 82.1 Å². The molecule has 3 rings (SSSR count). The van der Waals surface area contributed by atoms with Gasteiger partial charge in [-0.2, -0.15) is 0 Å². The summed E-state index contributed by atoms with van der Waals surface area (Å²) in [6.45, 7) is 0.477.